The van der Waals surface area contributed by atoms with Gasteiger partial charge in [-0.2, -0.15) is 13.2 Å². The van der Waals surface area contributed by atoms with Crippen LogP contribution in [0.15, 0.2) is 53.4 Å². The Morgan fingerprint density at radius 1 is 1.00 bits per heavy atom. The van der Waals surface area contributed by atoms with Gasteiger partial charge in [0.2, 0.25) is 0 Å². The van der Waals surface area contributed by atoms with Crippen molar-refractivity contribution < 1.29 is 26.3 Å². The van der Waals surface area contributed by atoms with Gasteiger partial charge in [-0.25, -0.2) is 8.42 Å². The number of ether oxygens (including phenoxy) is 1. The second kappa shape index (κ2) is 6.49. The highest BCUT2D eigenvalue weighted by atomic mass is 32.2. The van der Waals surface area contributed by atoms with Crippen LogP contribution < -0.4 is 9.46 Å². The molecule has 0 atom stereocenters. The van der Waals surface area contributed by atoms with Crippen molar-refractivity contribution in [2.24, 2.45) is 0 Å². The van der Waals surface area contributed by atoms with E-state index in [0.717, 1.165) is 24.3 Å². The fraction of sp³-hybridized carbons (Fsp3) is 0.200. The Labute approximate surface area is 132 Å². The number of sulfonamides is 1. The molecule has 0 saturated heterocycles. The number of anilines is 1. The molecule has 1 N–H and O–H groups in total. The number of nitrogens with one attached hydrogen (secondary N) is 1. The monoisotopic (exact) mass is 345 g/mol. The van der Waals surface area contributed by atoms with Crippen molar-refractivity contribution in [2.45, 2.75) is 18.0 Å². The molecule has 0 aliphatic heterocycles. The predicted molar refractivity (Wildman–Crippen MR) is 79.9 cm³/mol. The van der Waals surface area contributed by atoms with Gasteiger partial charge in [0.1, 0.15) is 5.75 Å². The highest BCUT2D eigenvalue weighted by molar-refractivity contribution is 7.92. The van der Waals surface area contributed by atoms with Gasteiger partial charge in [0.05, 0.1) is 17.1 Å². The molecule has 8 heteroatoms. The molecule has 0 spiro atoms. The van der Waals surface area contributed by atoms with Crippen LogP contribution in [-0.2, 0) is 16.2 Å². The van der Waals surface area contributed by atoms with Gasteiger partial charge in [-0.3, -0.25) is 4.72 Å². The summed E-state index contributed by atoms with van der Waals surface area (Å²) >= 11 is 0. The molecule has 0 radical (unpaired) electrons. The highest BCUT2D eigenvalue weighted by Gasteiger charge is 2.30. The summed E-state index contributed by atoms with van der Waals surface area (Å²) in [6.07, 6.45) is -4.51. The fourth-order valence-electron chi connectivity index (χ4n) is 1.82. The summed E-state index contributed by atoms with van der Waals surface area (Å²) in [5.41, 5.74) is -0.620. The molecular weight excluding hydrogens is 331 g/mol. The van der Waals surface area contributed by atoms with Crippen molar-refractivity contribution in [3.63, 3.8) is 0 Å². The molecule has 23 heavy (non-hydrogen) atoms. The second-order valence-corrected chi connectivity index (χ2v) is 6.27. The van der Waals surface area contributed by atoms with Gasteiger partial charge in [0.15, 0.2) is 0 Å². The smallest absolute Gasteiger partial charge is 0.416 e. The molecule has 0 aliphatic rings. The van der Waals surface area contributed by atoms with E-state index >= 15 is 0 Å². The number of benzene rings is 2. The van der Waals surface area contributed by atoms with E-state index in [-0.39, 0.29) is 10.6 Å². The van der Waals surface area contributed by atoms with Crippen molar-refractivity contribution in [1.82, 2.24) is 0 Å². The number of alkyl halides is 3. The largest absolute Gasteiger partial charge is 0.494 e. The maximum atomic E-state index is 12.5. The first-order valence-electron chi connectivity index (χ1n) is 6.65. The van der Waals surface area contributed by atoms with E-state index in [9.17, 15) is 21.6 Å². The predicted octanol–water partition coefficient (Wildman–Crippen LogP) is 3.90. The Kier molecular flexibility index (Phi) is 4.84. The van der Waals surface area contributed by atoms with Gasteiger partial charge in [-0.15, -0.1) is 0 Å². The zero-order valence-corrected chi connectivity index (χ0v) is 12.9. The minimum absolute atomic E-state index is 0.251. The van der Waals surface area contributed by atoms with E-state index in [1.165, 1.54) is 12.1 Å². The lowest BCUT2D eigenvalue weighted by Crippen LogP contribution is -2.13. The number of rotatable bonds is 5. The Morgan fingerprint density at radius 3 is 2.04 bits per heavy atom. The zero-order valence-electron chi connectivity index (χ0n) is 12.1. The Morgan fingerprint density at radius 2 is 1.57 bits per heavy atom. The molecule has 2 aromatic rings. The fourth-order valence-corrected chi connectivity index (χ4v) is 2.88. The Hall–Kier alpha value is -2.22. The molecular formula is C15H14F3NO3S. The summed E-state index contributed by atoms with van der Waals surface area (Å²) in [7, 11) is -3.96. The Bertz CT molecular complexity index is 754. The van der Waals surface area contributed by atoms with Gasteiger partial charge in [-0.05, 0) is 55.5 Å². The van der Waals surface area contributed by atoms with Crippen molar-refractivity contribution in [3.05, 3.63) is 54.1 Å². The molecule has 4 nitrogen and oxygen atoms in total. The molecule has 0 aromatic heterocycles. The lowest BCUT2D eigenvalue weighted by atomic mass is 10.2. The van der Waals surface area contributed by atoms with Crippen molar-refractivity contribution in [1.29, 1.82) is 0 Å². The quantitative estimate of drug-likeness (QED) is 0.894. The topological polar surface area (TPSA) is 55.4 Å². The molecule has 124 valence electrons. The number of hydrogen-bond acceptors (Lipinski definition) is 3. The minimum Gasteiger partial charge on any atom is -0.494 e. The number of hydrogen-bond donors (Lipinski definition) is 1. The maximum absolute atomic E-state index is 12.5. The third-order valence-electron chi connectivity index (χ3n) is 2.91. The summed E-state index contributed by atoms with van der Waals surface area (Å²) in [6, 6.07) is 9.49. The van der Waals surface area contributed by atoms with E-state index in [2.05, 4.69) is 4.72 Å². The summed E-state index contributed by atoms with van der Waals surface area (Å²) < 4.78 is 69.3. The summed E-state index contributed by atoms with van der Waals surface area (Å²) in [5, 5.41) is 0. The molecule has 0 fully saturated rings. The van der Waals surface area contributed by atoms with Crippen LogP contribution in [0.1, 0.15) is 12.5 Å². The van der Waals surface area contributed by atoms with Gasteiger partial charge in [-0.1, -0.05) is 0 Å². The molecule has 2 aromatic carbocycles. The molecule has 0 aliphatic carbocycles. The first kappa shape index (κ1) is 17.1. The molecule has 0 bridgehead atoms. The van der Waals surface area contributed by atoms with Crippen LogP contribution >= 0.6 is 0 Å². The maximum Gasteiger partial charge on any atom is 0.416 e. The number of halogens is 3. The van der Waals surface area contributed by atoms with E-state index in [4.69, 9.17) is 4.74 Å². The highest BCUT2D eigenvalue weighted by Crippen LogP contribution is 2.30. The summed E-state index contributed by atoms with van der Waals surface area (Å²) in [4.78, 5) is -0.251. The van der Waals surface area contributed by atoms with E-state index in [0.29, 0.717) is 12.4 Å². The average molecular weight is 345 g/mol. The molecule has 0 heterocycles. The normalized spacial score (nSPS) is 12.0. The SMILES string of the molecule is CCOc1ccc(NS(=O)(=O)c2ccc(C(F)(F)F)cc2)cc1. The van der Waals surface area contributed by atoms with Crippen LogP contribution in [0, 0.1) is 0 Å². The van der Waals surface area contributed by atoms with Crippen LogP contribution in [-0.4, -0.2) is 15.0 Å². The molecule has 0 saturated carbocycles. The van der Waals surface area contributed by atoms with Crippen LogP contribution in [0.2, 0.25) is 0 Å². The summed E-state index contributed by atoms with van der Waals surface area (Å²) in [5.74, 6) is 0.588. The van der Waals surface area contributed by atoms with E-state index in [1.54, 1.807) is 12.1 Å². The lowest BCUT2D eigenvalue weighted by Gasteiger charge is -2.11. The van der Waals surface area contributed by atoms with Crippen molar-refractivity contribution in [2.75, 3.05) is 11.3 Å². The lowest BCUT2D eigenvalue weighted by molar-refractivity contribution is -0.137. The van der Waals surface area contributed by atoms with Crippen molar-refractivity contribution in [3.8, 4) is 5.75 Å². The molecule has 0 unspecified atom stereocenters. The van der Waals surface area contributed by atoms with Crippen LogP contribution in [0.5, 0.6) is 5.75 Å². The average Bonchev–Trinajstić information content (AvgIpc) is 2.48. The third kappa shape index (κ3) is 4.38. The van der Waals surface area contributed by atoms with Gasteiger partial charge >= 0.3 is 6.18 Å². The van der Waals surface area contributed by atoms with Crippen LogP contribution in [0.3, 0.4) is 0 Å². The van der Waals surface area contributed by atoms with Crippen LogP contribution in [0.25, 0.3) is 0 Å². The Balaban J connectivity index is 2.18. The molecule has 0 amide bonds. The van der Waals surface area contributed by atoms with Gasteiger partial charge < -0.3 is 4.74 Å². The van der Waals surface area contributed by atoms with Crippen molar-refractivity contribution >= 4 is 15.7 Å². The first-order valence-corrected chi connectivity index (χ1v) is 8.13. The third-order valence-corrected chi connectivity index (χ3v) is 4.31. The van der Waals surface area contributed by atoms with Crippen LogP contribution in [0.4, 0.5) is 18.9 Å². The second-order valence-electron chi connectivity index (χ2n) is 4.59. The zero-order chi connectivity index (χ0) is 17.1. The van der Waals surface area contributed by atoms with E-state index in [1.807, 2.05) is 6.92 Å². The standard InChI is InChI=1S/C15H14F3NO3S/c1-2-22-13-7-5-12(6-8-13)19-23(20,21)14-9-3-11(4-10-14)15(16,17)18/h3-10,19H,2H2,1H3. The minimum atomic E-state index is -4.51. The summed E-state index contributed by atoms with van der Waals surface area (Å²) in [6.45, 7) is 2.30. The van der Waals surface area contributed by atoms with Gasteiger partial charge in [0, 0.05) is 5.69 Å². The molecule has 2 rings (SSSR count). The van der Waals surface area contributed by atoms with Gasteiger partial charge in [0.25, 0.3) is 10.0 Å². The first-order chi connectivity index (χ1) is 10.7. The van der Waals surface area contributed by atoms with E-state index < -0.39 is 21.8 Å².